The van der Waals surface area contributed by atoms with Crippen LogP contribution in [0.15, 0.2) is 24.5 Å². The molecule has 1 aliphatic carbocycles. The molecule has 2 nitrogen and oxygen atoms in total. The van der Waals surface area contributed by atoms with Gasteiger partial charge in [0, 0.05) is 30.8 Å². The normalized spacial score (nSPS) is 18.1. The minimum Gasteiger partial charge on any atom is -0.299 e. The van der Waals surface area contributed by atoms with Crippen molar-refractivity contribution < 1.29 is 0 Å². The maximum atomic E-state index is 4.07. The van der Waals surface area contributed by atoms with Gasteiger partial charge in [-0.1, -0.05) is 29.3 Å². The highest BCUT2D eigenvalue weighted by Crippen LogP contribution is 2.43. The monoisotopic (exact) mass is 296 g/mol. The molecular formula is C14H21BrN2. The Bertz CT molecular complexity index is 330. The summed E-state index contributed by atoms with van der Waals surface area (Å²) in [6, 6.07) is 4.23. The van der Waals surface area contributed by atoms with Crippen LogP contribution in [0.3, 0.4) is 0 Å². The molecule has 0 radical (unpaired) electrons. The number of nitrogens with zero attached hydrogens (tertiary/aromatic N) is 2. The second kappa shape index (κ2) is 5.96. The Labute approximate surface area is 113 Å². The van der Waals surface area contributed by atoms with Gasteiger partial charge in [0.25, 0.3) is 0 Å². The summed E-state index contributed by atoms with van der Waals surface area (Å²) >= 11 is 3.69. The molecule has 0 unspecified atom stereocenters. The fraction of sp³-hybridized carbons (Fsp3) is 0.643. The van der Waals surface area contributed by atoms with Crippen molar-refractivity contribution in [1.29, 1.82) is 0 Å². The summed E-state index contributed by atoms with van der Waals surface area (Å²) in [5.41, 5.74) is 1.91. The first-order valence-electron chi connectivity index (χ1n) is 6.45. The van der Waals surface area contributed by atoms with Crippen molar-refractivity contribution in [2.45, 2.75) is 32.7 Å². The van der Waals surface area contributed by atoms with Crippen molar-refractivity contribution >= 4 is 15.9 Å². The van der Waals surface area contributed by atoms with Crippen molar-refractivity contribution in [2.75, 3.05) is 18.4 Å². The summed E-state index contributed by atoms with van der Waals surface area (Å²) in [5, 5.41) is 1.15. The van der Waals surface area contributed by atoms with Gasteiger partial charge >= 0.3 is 0 Å². The molecular weight excluding hydrogens is 276 g/mol. The standard InChI is InChI=1S/C14H21BrN2/c1-2-17(10-13-4-8-16-9-5-13)12-14(11-15)6-3-7-14/h4-5,8-9H,2-3,6-7,10-12H2,1H3. The van der Waals surface area contributed by atoms with Gasteiger partial charge in [0.2, 0.25) is 0 Å². The minimum atomic E-state index is 0.545. The Balaban J connectivity index is 1.93. The second-order valence-electron chi connectivity index (χ2n) is 5.15. The van der Waals surface area contributed by atoms with E-state index in [1.165, 1.54) is 31.4 Å². The van der Waals surface area contributed by atoms with Crippen LogP contribution in [0.2, 0.25) is 0 Å². The first kappa shape index (κ1) is 13.0. The molecule has 0 N–H and O–H groups in total. The SMILES string of the molecule is CCN(Cc1ccncc1)CC1(CBr)CCC1. The molecule has 0 aromatic carbocycles. The Kier molecular flexibility index (Phi) is 4.57. The number of halogens is 1. The van der Waals surface area contributed by atoms with Gasteiger partial charge in [-0.25, -0.2) is 0 Å². The average molecular weight is 297 g/mol. The average Bonchev–Trinajstić information content (AvgIpc) is 2.33. The van der Waals surface area contributed by atoms with Crippen LogP contribution in [0, 0.1) is 5.41 Å². The van der Waals surface area contributed by atoms with Crippen molar-refractivity contribution in [3.63, 3.8) is 0 Å². The Hall–Kier alpha value is -0.410. The lowest BCUT2D eigenvalue weighted by Gasteiger charge is -2.44. The Morgan fingerprint density at radius 1 is 1.35 bits per heavy atom. The molecule has 0 atom stereocenters. The summed E-state index contributed by atoms with van der Waals surface area (Å²) in [7, 11) is 0. The van der Waals surface area contributed by atoms with E-state index in [1.807, 2.05) is 12.4 Å². The first-order chi connectivity index (χ1) is 8.28. The highest BCUT2D eigenvalue weighted by molar-refractivity contribution is 9.09. The molecule has 1 aromatic rings. The van der Waals surface area contributed by atoms with Crippen LogP contribution in [0.4, 0.5) is 0 Å². The van der Waals surface area contributed by atoms with Crippen LogP contribution in [0.5, 0.6) is 0 Å². The van der Waals surface area contributed by atoms with E-state index in [9.17, 15) is 0 Å². The van der Waals surface area contributed by atoms with Crippen LogP contribution < -0.4 is 0 Å². The van der Waals surface area contributed by atoms with E-state index < -0.39 is 0 Å². The predicted octanol–water partition coefficient (Wildman–Crippen LogP) is 3.47. The van der Waals surface area contributed by atoms with E-state index in [0.29, 0.717) is 5.41 Å². The Morgan fingerprint density at radius 3 is 2.53 bits per heavy atom. The van der Waals surface area contributed by atoms with E-state index >= 15 is 0 Å². The fourth-order valence-electron chi connectivity index (χ4n) is 2.51. The van der Waals surface area contributed by atoms with Gasteiger partial charge in [-0.3, -0.25) is 9.88 Å². The number of rotatable bonds is 6. The van der Waals surface area contributed by atoms with Crippen molar-refractivity contribution in [2.24, 2.45) is 5.41 Å². The number of hydrogen-bond acceptors (Lipinski definition) is 2. The summed E-state index contributed by atoms with van der Waals surface area (Å²) in [6.45, 7) is 5.64. The lowest BCUT2D eigenvalue weighted by atomic mass is 9.70. The quantitative estimate of drug-likeness (QED) is 0.747. The molecule has 0 aliphatic heterocycles. The van der Waals surface area contributed by atoms with E-state index in [2.05, 4.69) is 44.9 Å². The summed E-state index contributed by atoms with van der Waals surface area (Å²) in [6.07, 6.45) is 7.92. The molecule has 0 spiro atoms. The Morgan fingerprint density at radius 2 is 2.06 bits per heavy atom. The largest absolute Gasteiger partial charge is 0.299 e. The van der Waals surface area contributed by atoms with Gasteiger partial charge in [-0.05, 0) is 42.5 Å². The molecule has 1 fully saturated rings. The zero-order valence-corrected chi connectivity index (χ0v) is 12.1. The van der Waals surface area contributed by atoms with Crippen LogP contribution in [0.1, 0.15) is 31.7 Å². The van der Waals surface area contributed by atoms with Crippen molar-refractivity contribution in [1.82, 2.24) is 9.88 Å². The van der Waals surface area contributed by atoms with Gasteiger partial charge in [-0.15, -0.1) is 0 Å². The maximum absolute atomic E-state index is 4.07. The van der Waals surface area contributed by atoms with Gasteiger partial charge in [0.1, 0.15) is 0 Å². The van der Waals surface area contributed by atoms with Crippen LogP contribution in [-0.2, 0) is 6.54 Å². The van der Waals surface area contributed by atoms with E-state index in [0.717, 1.165) is 18.4 Å². The number of hydrogen-bond donors (Lipinski definition) is 0. The maximum Gasteiger partial charge on any atom is 0.0271 e. The van der Waals surface area contributed by atoms with E-state index in [1.54, 1.807) is 0 Å². The topological polar surface area (TPSA) is 16.1 Å². The number of pyridine rings is 1. The summed E-state index contributed by atoms with van der Waals surface area (Å²) < 4.78 is 0. The van der Waals surface area contributed by atoms with Gasteiger partial charge in [0.05, 0.1) is 0 Å². The summed E-state index contributed by atoms with van der Waals surface area (Å²) in [5.74, 6) is 0. The number of alkyl halides is 1. The second-order valence-corrected chi connectivity index (χ2v) is 5.71. The van der Waals surface area contributed by atoms with Crippen LogP contribution in [0.25, 0.3) is 0 Å². The highest BCUT2D eigenvalue weighted by atomic mass is 79.9. The van der Waals surface area contributed by atoms with Gasteiger partial charge in [0.15, 0.2) is 0 Å². The summed E-state index contributed by atoms with van der Waals surface area (Å²) in [4.78, 5) is 6.62. The molecule has 17 heavy (non-hydrogen) atoms. The van der Waals surface area contributed by atoms with Crippen molar-refractivity contribution in [3.05, 3.63) is 30.1 Å². The third kappa shape index (κ3) is 3.29. The molecule has 0 bridgehead atoms. The van der Waals surface area contributed by atoms with Crippen LogP contribution >= 0.6 is 15.9 Å². The molecule has 1 aromatic heterocycles. The molecule has 1 aliphatic rings. The fourth-order valence-corrected chi connectivity index (χ4v) is 3.25. The molecule has 0 saturated heterocycles. The third-order valence-electron chi connectivity index (χ3n) is 3.86. The molecule has 2 rings (SSSR count). The molecule has 3 heteroatoms. The smallest absolute Gasteiger partial charge is 0.0271 e. The molecule has 0 amide bonds. The minimum absolute atomic E-state index is 0.545. The zero-order valence-electron chi connectivity index (χ0n) is 10.5. The van der Waals surface area contributed by atoms with E-state index in [-0.39, 0.29) is 0 Å². The molecule has 1 saturated carbocycles. The zero-order chi connectivity index (χ0) is 12.1. The van der Waals surface area contributed by atoms with Gasteiger partial charge < -0.3 is 0 Å². The lowest BCUT2D eigenvalue weighted by molar-refractivity contribution is 0.0901. The van der Waals surface area contributed by atoms with E-state index in [4.69, 9.17) is 0 Å². The van der Waals surface area contributed by atoms with Gasteiger partial charge in [-0.2, -0.15) is 0 Å². The van der Waals surface area contributed by atoms with Crippen molar-refractivity contribution in [3.8, 4) is 0 Å². The molecule has 94 valence electrons. The van der Waals surface area contributed by atoms with Crippen LogP contribution in [-0.4, -0.2) is 28.3 Å². The third-order valence-corrected chi connectivity index (χ3v) is 5.05. The number of aromatic nitrogens is 1. The lowest BCUT2D eigenvalue weighted by Crippen LogP contribution is -2.43. The molecule has 1 heterocycles. The highest BCUT2D eigenvalue weighted by Gasteiger charge is 2.36. The predicted molar refractivity (Wildman–Crippen MR) is 75.3 cm³/mol. The first-order valence-corrected chi connectivity index (χ1v) is 7.57.